The lowest BCUT2D eigenvalue weighted by atomic mass is 10.1. The molecule has 0 aromatic carbocycles. The zero-order chi connectivity index (χ0) is 14.0. The van der Waals surface area contributed by atoms with Gasteiger partial charge in [0.05, 0.1) is 19.2 Å². The number of ketones is 1. The Labute approximate surface area is 112 Å². The number of methoxy groups -OCH3 is 1. The SMILES string of the molecule is COc1c(C)cnc(CC(=O)c2nccn2C)c1C. The predicted octanol–water partition coefficient (Wildman–Crippen LogP) is 1.87. The van der Waals surface area contributed by atoms with E-state index in [1.807, 2.05) is 13.8 Å². The van der Waals surface area contributed by atoms with Crippen LogP contribution in [0.1, 0.15) is 27.4 Å². The Morgan fingerprint density at radius 1 is 1.37 bits per heavy atom. The fraction of sp³-hybridized carbons (Fsp3) is 0.357. The quantitative estimate of drug-likeness (QED) is 0.786. The molecule has 0 bridgehead atoms. The fourth-order valence-corrected chi connectivity index (χ4v) is 2.11. The largest absolute Gasteiger partial charge is 0.496 e. The Balaban J connectivity index is 2.30. The van der Waals surface area contributed by atoms with Gasteiger partial charge in [0.2, 0.25) is 5.78 Å². The smallest absolute Gasteiger partial charge is 0.204 e. The molecule has 0 atom stereocenters. The number of aromatic nitrogens is 3. The summed E-state index contributed by atoms with van der Waals surface area (Å²) in [5, 5.41) is 0. The molecule has 2 aromatic rings. The van der Waals surface area contributed by atoms with Gasteiger partial charge in [0, 0.05) is 36.8 Å². The molecule has 100 valence electrons. The summed E-state index contributed by atoms with van der Waals surface area (Å²) < 4.78 is 7.05. The van der Waals surface area contributed by atoms with Gasteiger partial charge in [0.1, 0.15) is 5.75 Å². The predicted molar refractivity (Wildman–Crippen MR) is 71.5 cm³/mol. The first-order valence-corrected chi connectivity index (χ1v) is 6.04. The molecule has 0 amide bonds. The number of ether oxygens (including phenoxy) is 1. The van der Waals surface area contributed by atoms with Crippen LogP contribution in [0.2, 0.25) is 0 Å². The second kappa shape index (κ2) is 5.22. The number of hydrogen-bond acceptors (Lipinski definition) is 4. The van der Waals surface area contributed by atoms with Crippen LogP contribution in [0.4, 0.5) is 0 Å². The molecule has 0 saturated carbocycles. The van der Waals surface area contributed by atoms with Crippen molar-refractivity contribution in [1.29, 1.82) is 0 Å². The molecule has 0 N–H and O–H groups in total. The number of pyridine rings is 1. The van der Waals surface area contributed by atoms with Crippen molar-refractivity contribution < 1.29 is 9.53 Å². The standard InChI is InChI=1S/C14H17N3O2/c1-9-8-16-11(10(2)13(9)19-4)7-12(18)14-15-5-6-17(14)3/h5-6,8H,7H2,1-4H3. The fourth-order valence-electron chi connectivity index (χ4n) is 2.11. The second-order valence-corrected chi connectivity index (χ2v) is 4.51. The number of rotatable bonds is 4. The molecule has 2 rings (SSSR count). The van der Waals surface area contributed by atoms with Crippen LogP contribution < -0.4 is 4.74 Å². The Hall–Kier alpha value is -2.17. The highest BCUT2D eigenvalue weighted by Crippen LogP contribution is 2.24. The first-order chi connectivity index (χ1) is 9.04. The van der Waals surface area contributed by atoms with Gasteiger partial charge in [-0.05, 0) is 13.8 Å². The van der Waals surface area contributed by atoms with Crippen molar-refractivity contribution in [3.8, 4) is 5.75 Å². The molecule has 0 aliphatic heterocycles. The molecule has 0 unspecified atom stereocenters. The zero-order valence-electron chi connectivity index (χ0n) is 11.6. The van der Waals surface area contributed by atoms with E-state index in [1.165, 1.54) is 0 Å². The first-order valence-electron chi connectivity index (χ1n) is 6.04. The van der Waals surface area contributed by atoms with E-state index in [-0.39, 0.29) is 12.2 Å². The van der Waals surface area contributed by atoms with E-state index >= 15 is 0 Å². The molecule has 0 spiro atoms. The molecule has 2 aromatic heterocycles. The molecular weight excluding hydrogens is 242 g/mol. The van der Waals surface area contributed by atoms with Crippen LogP contribution in [0.25, 0.3) is 0 Å². The Kier molecular flexibility index (Phi) is 3.64. The van der Waals surface area contributed by atoms with Gasteiger partial charge in [0.25, 0.3) is 0 Å². The topological polar surface area (TPSA) is 57.0 Å². The van der Waals surface area contributed by atoms with E-state index in [0.29, 0.717) is 5.82 Å². The number of hydrogen-bond donors (Lipinski definition) is 0. The van der Waals surface area contributed by atoms with Crippen LogP contribution in [-0.4, -0.2) is 27.4 Å². The number of carbonyl (C=O) groups is 1. The normalized spacial score (nSPS) is 10.5. The number of Topliss-reactive ketones (excluding diaryl/α,β-unsaturated/α-hetero) is 1. The molecule has 0 saturated heterocycles. The van der Waals surface area contributed by atoms with Gasteiger partial charge in [0.15, 0.2) is 5.82 Å². The van der Waals surface area contributed by atoms with Crippen molar-refractivity contribution in [1.82, 2.24) is 14.5 Å². The van der Waals surface area contributed by atoms with Crippen molar-refractivity contribution in [3.63, 3.8) is 0 Å². The van der Waals surface area contributed by atoms with E-state index in [1.54, 1.807) is 37.3 Å². The van der Waals surface area contributed by atoms with Crippen molar-refractivity contribution in [2.24, 2.45) is 7.05 Å². The van der Waals surface area contributed by atoms with Gasteiger partial charge in [-0.15, -0.1) is 0 Å². The maximum absolute atomic E-state index is 12.2. The molecule has 19 heavy (non-hydrogen) atoms. The van der Waals surface area contributed by atoms with E-state index in [0.717, 1.165) is 22.6 Å². The maximum Gasteiger partial charge on any atom is 0.204 e. The number of carbonyl (C=O) groups excluding carboxylic acids is 1. The molecule has 0 aliphatic rings. The highest BCUT2D eigenvalue weighted by molar-refractivity contribution is 5.94. The lowest BCUT2D eigenvalue weighted by Gasteiger charge is -2.11. The molecule has 0 radical (unpaired) electrons. The molecule has 5 nitrogen and oxygen atoms in total. The third-order valence-corrected chi connectivity index (χ3v) is 3.15. The summed E-state index contributed by atoms with van der Waals surface area (Å²) in [6.07, 6.45) is 5.33. The van der Waals surface area contributed by atoms with E-state index in [4.69, 9.17) is 4.74 Å². The minimum absolute atomic E-state index is 0.0472. The lowest BCUT2D eigenvalue weighted by molar-refractivity contribution is 0.0979. The van der Waals surface area contributed by atoms with Crippen LogP contribution >= 0.6 is 0 Å². The average Bonchev–Trinajstić information content (AvgIpc) is 2.80. The van der Waals surface area contributed by atoms with Gasteiger partial charge >= 0.3 is 0 Å². The minimum atomic E-state index is -0.0472. The molecule has 0 aliphatic carbocycles. The Morgan fingerprint density at radius 3 is 2.68 bits per heavy atom. The van der Waals surface area contributed by atoms with Crippen LogP contribution in [0.3, 0.4) is 0 Å². The van der Waals surface area contributed by atoms with Gasteiger partial charge in [-0.3, -0.25) is 9.78 Å². The van der Waals surface area contributed by atoms with E-state index in [9.17, 15) is 4.79 Å². The molecule has 0 fully saturated rings. The monoisotopic (exact) mass is 259 g/mol. The Bertz CT molecular complexity index is 617. The van der Waals surface area contributed by atoms with E-state index in [2.05, 4.69) is 9.97 Å². The summed E-state index contributed by atoms with van der Waals surface area (Å²) in [6.45, 7) is 3.85. The van der Waals surface area contributed by atoms with Gasteiger partial charge in [-0.25, -0.2) is 4.98 Å². The minimum Gasteiger partial charge on any atom is -0.496 e. The van der Waals surface area contributed by atoms with Gasteiger partial charge < -0.3 is 9.30 Å². The summed E-state index contributed by atoms with van der Waals surface area (Å²) >= 11 is 0. The van der Waals surface area contributed by atoms with Crippen LogP contribution in [0, 0.1) is 13.8 Å². The van der Waals surface area contributed by atoms with Crippen LogP contribution in [-0.2, 0) is 13.5 Å². The summed E-state index contributed by atoms with van der Waals surface area (Å²) in [6, 6.07) is 0. The number of aryl methyl sites for hydroxylation is 2. The lowest BCUT2D eigenvalue weighted by Crippen LogP contribution is -2.12. The summed E-state index contributed by atoms with van der Waals surface area (Å²) in [7, 11) is 3.43. The summed E-state index contributed by atoms with van der Waals surface area (Å²) in [4.78, 5) is 20.6. The second-order valence-electron chi connectivity index (χ2n) is 4.51. The number of nitrogens with zero attached hydrogens (tertiary/aromatic N) is 3. The zero-order valence-corrected chi connectivity index (χ0v) is 11.6. The maximum atomic E-state index is 12.2. The third-order valence-electron chi connectivity index (χ3n) is 3.15. The van der Waals surface area contributed by atoms with Crippen LogP contribution in [0.5, 0.6) is 5.75 Å². The van der Waals surface area contributed by atoms with Crippen molar-refractivity contribution in [2.75, 3.05) is 7.11 Å². The molecule has 2 heterocycles. The number of imidazole rings is 1. The van der Waals surface area contributed by atoms with Gasteiger partial charge in [-0.1, -0.05) is 0 Å². The summed E-state index contributed by atoms with van der Waals surface area (Å²) in [5.74, 6) is 1.19. The van der Waals surface area contributed by atoms with Crippen molar-refractivity contribution >= 4 is 5.78 Å². The first kappa shape index (κ1) is 13.3. The van der Waals surface area contributed by atoms with Crippen molar-refractivity contribution in [2.45, 2.75) is 20.3 Å². The van der Waals surface area contributed by atoms with Crippen LogP contribution in [0.15, 0.2) is 18.6 Å². The third kappa shape index (κ3) is 2.50. The van der Waals surface area contributed by atoms with Crippen molar-refractivity contribution in [3.05, 3.63) is 41.2 Å². The molecular formula is C14H17N3O2. The van der Waals surface area contributed by atoms with E-state index < -0.39 is 0 Å². The molecule has 5 heteroatoms. The highest BCUT2D eigenvalue weighted by atomic mass is 16.5. The Morgan fingerprint density at radius 2 is 2.11 bits per heavy atom. The average molecular weight is 259 g/mol. The van der Waals surface area contributed by atoms with Gasteiger partial charge in [-0.2, -0.15) is 0 Å². The summed E-state index contributed by atoms with van der Waals surface area (Å²) in [5.41, 5.74) is 2.61. The highest BCUT2D eigenvalue weighted by Gasteiger charge is 2.16.